The van der Waals surface area contributed by atoms with Crippen LogP contribution < -0.4 is 4.74 Å². The fourth-order valence-electron chi connectivity index (χ4n) is 3.63. The second-order valence-electron chi connectivity index (χ2n) is 7.23. The van der Waals surface area contributed by atoms with Gasteiger partial charge in [0.2, 0.25) is 0 Å². The summed E-state index contributed by atoms with van der Waals surface area (Å²) in [6, 6.07) is 14.2. The topological polar surface area (TPSA) is 58.8 Å². The van der Waals surface area contributed by atoms with Gasteiger partial charge in [-0.1, -0.05) is 25.1 Å². The number of hydrogen-bond donors (Lipinski definition) is 0. The van der Waals surface area contributed by atoms with E-state index < -0.39 is 0 Å². The molecule has 0 saturated carbocycles. The average Bonchev–Trinajstić information content (AvgIpc) is 3.29. The Labute approximate surface area is 163 Å². The van der Waals surface area contributed by atoms with Crippen LogP contribution in [0.4, 0.5) is 0 Å². The van der Waals surface area contributed by atoms with Crippen molar-refractivity contribution < 1.29 is 4.74 Å². The minimum Gasteiger partial charge on any atom is -0.490 e. The average molecular weight is 375 g/mol. The predicted octanol–water partition coefficient (Wildman–Crippen LogP) is 5.58. The maximum absolute atomic E-state index is 9.45. The molecule has 0 saturated heterocycles. The Hall–Kier alpha value is -2.71. The van der Waals surface area contributed by atoms with Gasteiger partial charge in [0.1, 0.15) is 16.8 Å². The van der Waals surface area contributed by atoms with E-state index in [1.54, 1.807) is 6.07 Å². The Morgan fingerprint density at radius 2 is 2.11 bits per heavy atom. The SMILES string of the molecule is CC(C)Oc1ccc(-c2nsc(-c3cccc4c3CC[C@@H]4C)n2)cc1C#N. The van der Waals surface area contributed by atoms with Crippen LogP contribution in [0.3, 0.4) is 0 Å². The van der Waals surface area contributed by atoms with Crippen molar-refractivity contribution in [2.24, 2.45) is 0 Å². The lowest BCUT2D eigenvalue weighted by molar-refractivity contribution is 0.242. The summed E-state index contributed by atoms with van der Waals surface area (Å²) in [5.74, 6) is 1.87. The number of nitrogens with zero attached hydrogens (tertiary/aromatic N) is 3. The highest BCUT2D eigenvalue weighted by molar-refractivity contribution is 7.09. The van der Waals surface area contributed by atoms with Crippen LogP contribution in [0.25, 0.3) is 22.0 Å². The largest absolute Gasteiger partial charge is 0.490 e. The zero-order valence-corrected chi connectivity index (χ0v) is 16.5. The molecule has 1 aliphatic carbocycles. The lowest BCUT2D eigenvalue weighted by Crippen LogP contribution is -2.06. The summed E-state index contributed by atoms with van der Waals surface area (Å²) in [7, 11) is 0. The summed E-state index contributed by atoms with van der Waals surface area (Å²) in [5, 5.41) is 10.4. The summed E-state index contributed by atoms with van der Waals surface area (Å²) in [6.07, 6.45) is 2.32. The van der Waals surface area contributed by atoms with Crippen molar-refractivity contribution in [2.45, 2.75) is 45.6 Å². The van der Waals surface area contributed by atoms with E-state index in [2.05, 4.69) is 35.6 Å². The van der Waals surface area contributed by atoms with E-state index in [4.69, 9.17) is 9.72 Å². The highest BCUT2D eigenvalue weighted by Crippen LogP contribution is 2.39. The molecule has 4 rings (SSSR count). The quantitative estimate of drug-likeness (QED) is 0.597. The Kier molecular flexibility index (Phi) is 4.67. The molecular formula is C22H21N3OS. The molecule has 0 unspecified atom stereocenters. The fraction of sp³-hybridized carbons (Fsp3) is 0.318. The van der Waals surface area contributed by atoms with Crippen molar-refractivity contribution in [2.75, 3.05) is 0 Å². The molecule has 27 heavy (non-hydrogen) atoms. The van der Waals surface area contributed by atoms with Gasteiger partial charge in [-0.15, -0.1) is 0 Å². The summed E-state index contributed by atoms with van der Waals surface area (Å²) >= 11 is 1.42. The van der Waals surface area contributed by atoms with Crippen LogP contribution in [0, 0.1) is 11.3 Å². The molecule has 0 amide bonds. The van der Waals surface area contributed by atoms with Gasteiger partial charge in [-0.25, -0.2) is 4.98 Å². The van der Waals surface area contributed by atoms with E-state index in [0.717, 1.165) is 17.0 Å². The van der Waals surface area contributed by atoms with E-state index in [9.17, 15) is 5.26 Å². The van der Waals surface area contributed by atoms with E-state index >= 15 is 0 Å². The lowest BCUT2D eigenvalue weighted by atomic mass is 10.0. The van der Waals surface area contributed by atoms with Crippen molar-refractivity contribution in [3.63, 3.8) is 0 Å². The van der Waals surface area contributed by atoms with E-state index in [0.29, 0.717) is 23.1 Å². The molecule has 5 heteroatoms. The monoisotopic (exact) mass is 375 g/mol. The molecule has 1 heterocycles. The van der Waals surface area contributed by atoms with Crippen LogP contribution in [-0.2, 0) is 6.42 Å². The minimum atomic E-state index is 0.0227. The smallest absolute Gasteiger partial charge is 0.173 e. The highest BCUT2D eigenvalue weighted by atomic mass is 32.1. The predicted molar refractivity (Wildman–Crippen MR) is 108 cm³/mol. The summed E-state index contributed by atoms with van der Waals surface area (Å²) in [4.78, 5) is 4.78. The Morgan fingerprint density at radius 1 is 1.26 bits per heavy atom. The molecule has 0 spiro atoms. The van der Waals surface area contributed by atoms with Gasteiger partial charge < -0.3 is 4.74 Å². The highest BCUT2D eigenvalue weighted by Gasteiger charge is 2.23. The first kappa shape index (κ1) is 17.7. The molecule has 0 aliphatic heterocycles. The molecule has 0 radical (unpaired) electrons. The van der Waals surface area contributed by atoms with Gasteiger partial charge in [0.15, 0.2) is 5.82 Å². The number of nitriles is 1. The number of aromatic nitrogens is 2. The molecule has 3 aromatic rings. The van der Waals surface area contributed by atoms with Crippen molar-refractivity contribution >= 4 is 11.5 Å². The zero-order valence-electron chi connectivity index (χ0n) is 15.7. The molecule has 0 N–H and O–H groups in total. The second kappa shape index (κ2) is 7.13. The van der Waals surface area contributed by atoms with Gasteiger partial charge in [0.25, 0.3) is 0 Å². The molecule has 2 aromatic carbocycles. The first-order valence-electron chi connectivity index (χ1n) is 9.24. The first-order valence-corrected chi connectivity index (χ1v) is 10.0. The summed E-state index contributed by atoms with van der Waals surface area (Å²) in [6.45, 7) is 6.18. The molecule has 1 aliphatic rings. The molecule has 1 atom stereocenters. The summed E-state index contributed by atoms with van der Waals surface area (Å²) in [5.41, 5.74) is 5.39. The van der Waals surface area contributed by atoms with Gasteiger partial charge in [0.05, 0.1) is 11.7 Å². The van der Waals surface area contributed by atoms with Crippen LogP contribution >= 0.6 is 11.5 Å². The number of fused-ring (bicyclic) bond motifs is 1. The van der Waals surface area contributed by atoms with Crippen molar-refractivity contribution in [3.8, 4) is 33.8 Å². The Balaban J connectivity index is 1.69. The van der Waals surface area contributed by atoms with Crippen molar-refractivity contribution in [1.29, 1.82) is 5.26 Å². The summed E-state index contributed by atoms with van der Waals surface area (Å²) < 4.78 is 10.3. The van der Waals surface area contributed by atoms with Gasteiger partial charge in [-0.05, 0) is 73.5 Å². The van der Waals surface area contributed by atoms with E-state index in [-0.39, 0.29) is 6.10 Å². The van der Waals surface area contributed by atoms with Gasteiger partial charge in [-0.2, -0.15) is 9.64 Å². The van der Waals surface area contributed by atoms with E-state index in [1.807, 2.05) is 26.0 Å². The van der Waals surface area contributed by atoms with Crippen LogP contribution in [0.15, 0.2) is 36.4 Å². The Bertz CT molecular complexity index is 1030. The van der Waals surface area contributed by atoms with E-state index in [1.165, 1.54) is 34.6 Å². The standard InChI is InChI=1S/C22H21N3OS/c1-13(2)26-20-10-8-15(11-16(20)12-23)21-24-22(27-25-21)19-6-4-5-17-14(3)7-9-18(17)19/h4-6,8,10-11,13-14H,7,9H2,1-3H3/t14-/m0/s1. The number of benzene rings is 2. The molecule has 0 fully saturated rings. The number of ether oxygens (including phenoxy) is 1. The fourth-order valence-corrected chi connectivity index (χ4v) is 4.36. The second-order valence-corrected chi connectivity index (χ2v) is 7.98. The lowest BCUT2D eigenvalue weighted by Gasteiger charge is -2.11. The number of hydrogen-bond acceptors (Lipinski definition) is 5. The third kappa shape index (κ3) is 3.33. The van der Waals surface area contributed by atoms with Crippen LogP contribution in [0.1, 0.15) is 49.8 Å². The normalized spacial score (nSPS) is 15.6. The Morgan fingerprint density at radius 3 is 2.89 bits per heavy atom. The maximum atomic E-state index is 9.45. The first-order chi connectivity index (χ1) is 13.1. The van der Waals surface area contributed by atoms with Gasteiger partial charge >= 0.3 is 0 Å². The van der Waals surface area contributed by atoms with Gasteiger partial charge in [-0.3, -0.25) is 0 Å². The third-order valence-corrected chi connectivity index (χ3v) is 5.70. The number of rotatable bonds is 4. The van der Waals surface area contributed by atoms with Crippen molar-refractivity contribution in [1.82, 2.24) is 9.36 Å². The molecule has 136 valence electrons. The van der Waals surface area contributed by atoms with Crippen molar-refractivity contribution in [3.05, 3.63) is 53.1 Å². The maximum Gasteiger partial charge on any atom is 0.173 e. The molecule has 0 bridgehead atoms. The van der Waals surface area contributed by atoms with Gasteiger partial charge in [0, 0.05) is 11.1 Å². The third-order valence-electron chi connectivity index (χ3n) is 4.95. The zero-order chi connectivity index (χ0) is 19.0. The molecule has 4 nitrogen and oxygen atoms in total. The van der Waals surface area contributed by atoms with Crippen LogP contribution in [0.2, 0.25) is 0 Å². The minimum absolute atomic E-state index is 0.0227. The van der Waals surface area contributed by atoms with Crippen LogP contribution in [0.5, 0.6) is 5.75 Å². The van der Waals surface area contributed by atoms with Crippen LogP contribution in [-0.4, -0.2) is 15.5 Å². The molecule has 1 aromatic heterocycles. The molecular weight excluding hydrogens is 354 g/mol.